The number of nitrogens with two attached hydrogens (primary N) is 1. The van der Waals surface area contributed by atoms with Crippen LogP contribution in [0.3, 0.4) is 0 Å². The van der Waals surface area contributed by atoms with Crippen LogP contribution in [0.15, 0.2) is 0 Å². The average molecular weight is 263 g/mol. The third-order valence-corrected chi connectivity index (χ3v) is 4.93. The summed E-state index contributed by atoms with van der Waals surface area (Å²) in [6, 6.07) is -0.239. The molecular weight excluding hydrogens is 239 g/mol. The fourth-order valence-corrected chi connectivity index (χ4v) is 3.90. The normalized spacial score (nSPS) is 33.3. The zero-order chi connectivity index (χ0) is 13.2. The van der Waals surface area contributed by atoms with Crippen LogP contribution in [0.2, 0.25) is 0 Å². The molecule has 0 amide bonds. The molecule has 0 aromatic rings. The van der Waals surface area contributed by atoms with Gasteiger partial charge in [-0.3, -0.25) is 0 Å². The van der Waals surface area contributed by atoms with Crippen LogP contribution >= 0.6 is 0 Å². The van der Waals surface area contributed by atoms with Gasteiger partial charge in [-0.1, -0.05) is 32.1 Å². The number of hydrogen-bond donors (Lipinski definition) is 1. The molecule has 2 aliphatic carbocycles. The smallest absolute Gasteiger partial charge is 0.327 e. The summed E-state index contributed by atoms with van der Waals surface area (Å²) in [5.74, 6) is -1.16. The average Bonchev–Trinajstić information content (AvgIpc) is 2.38. The molecule has 2 saturated carbocycles. The van der Waals surface area contributed by atoms with E-state index in [9.17, 15) is 13.2 Å². The van der Waals surface area contributed by atoms with Crippen LogP contribution in [0.5, 0.6) is 0 Å². The lowest BCUT2D eigenvalue weighted by Gasteiger charge is -2.40. The molecular formula is C14H24F3N. The van der Waals surface area contributed by atoms with Crippen molar-refractivity contribution in [3.05, 3.63) is 0 Å². The Balaban J connectivity index is 2.03. The molecule has 2 aliphatic rings. The Kier molecular flexibility index (Phi) is 4.57. The van der Waals surface area contributed by atoms with Crippen molar-refractivity contribution in [2.75, 3.05) is 0 Å². The van der Waals surface area contributed by atoms with Gasteiger partial charge < -0.3 is 5.73 Å². The quantitative estimate of drug-likeness (QED) is 0.791. The Labute approximate surface area is 107 Å². The Hall–Kier alpha value is -0.250. The standard InChI is InChI=1S/C14H24F3N/c15-14(16,17)12-9-5-4-8-11(12)13(18)10-6-2-1-3-7-10/h10-13H,1-9,18H2. The molecule has 0 heterocycles. The highest BCUT2D eigenvalue weighted by Crippen LogP contribution is 2.45. The van der Waals surface area contributed by atoms with Crippen LogP contribution < -0.4 is 5.73 Å². The molecule has 18 heavy (non-hydrogen) atoms. The van der Waals surface area contributed by atoms with Gasteiger partial charge in [0.15, 0.2) is 0 Å². The molecule has 0 saturated heterocycles. The third-order valence-electron chi connectivity index (χ3n) is 4.93. The van der Waals surface area contributed by atoms with Gasteiger partial charge >= 0.3 is 6.18 Å². The summed E-state index contributed by atoms with van der Waals surface area (Å²) in [7, 11) is 0. The first kappa shape index (κ1) is 14.2. The predicted molar refractivity (Wildman–Crippen MR) is 66.1 cm³/mol. The highest BCUT2D eigenvalue weighted by molar-refractivity contribution is 4.90. The summed E-state index contributed by atoms with van der Waals surface area (Å²) in [6.07, 6.45) is 4.08. The van der Waals surface area contributed by atoms with E-state index in [1.807, 2.05) is 0 Å². The van der Waals surface area contributed by atoms with E-state index < -0.39 is 12.1 Å². The Morgan fingerprint density at radius 3 is 2.00 bits per heavy atom. The van der Waals surface area contributed by atoms with Gasteiger partial charge in [0.05, 0.1) is 5.92 Å². The molecule has 3 atom stereocenters. The van der Waals surface area contributed by atoms with Crippen LogP contribution in [-0.2, 0) is 0 Å². The summed E-state index contributed by atoms with van der Waals surface area (Å²) >= 11 is 0. The predicted octanol–water partition coefficient (Wildman–Crippen LogP) is 4.26. The third kappa shape index (κ3) is 3.19. The molecule has 0 radical (unpaired) electrons. The topological polar surface area (TPSA) is 26.0 Å². The fraction of sp³-hybridized carbons (Fsp3) is 1.00. The molecule has 1 nitrogen and oxygen atoms in total. The van der Waals surface area contributed by atoms with Crippen LogP contribution in [-0.4, -0.2) is 12.2 Å². The van der Waals surface area contributed by atoms with E-state index in [4.69, 9.17) is 5.73 Å². The van der Waals surface area contributed by atoms with Crippen molar-refractivity contribution >= 4 is 0 Å². The number of hydrogen-bond acceptors (Lipinski definition) is 1. The van der Waals surface area contributed by atoms with E-state index >= 15 is 0 Å². The minimum atomic E-state index is -4.06. The summed E-state index contributed by atoms with van der Waals surface area (Å²) < 4.78 is 39.2. The van der Waals surface area contributed by atoms with Gasteiger partial charge in [0, 0.05) is 6.04 Å². The van der Waals surface area contributed by atoms with Crippen molar-refractivity contribution in [1.29, 1.82) is 0 Å². The van der Waals surface area contributed by atoms with Crippen LogP contribution in [0.25, 0.3) is 0 Å². The minimum absolute atomic E-state index is 0.239. The van der Waals surface area contributed by atoms with Crippen LogP contribution in [0, 0.1) is 17.8 Å². The SMILES string of the molecule is NC(C1CCCCC1)C1CCCCC1C(F)(F)F. The number of halogens is 3. The molecule has 2 N–H and O–H groups in total. The lowest BCUT2D eigenvalue weighted by Crippen LogP contribution is -2.47. The Morgan fingerprint density at radius 2 is 1.39 bits per heavy atom. The van der Waals surface area contributed by atoms with Gasteiger partial charge in [-0.2, -0.15) is 13.2 Å². The highest BCUT2D eigenvalue weighted by Gasteiger charge is 2.48. The van der Waals surface area contributed by atoms with Gasteiger partial charge in [-0.05, 0) is 37.5 Å². The van der Waals surface area contributed by atoms with Crippen molar-refractivity contribution in [2.24, 2.45) is 23.5 Å². The second-order valence-corrected chi connectivity index (χ2v) is 6.07. The van der Waals surface area contributed by atoms with Gasteiger partial charge in [0.1, 0.15) is 0 Å². The van der Waals surface area contributed by atoms with Gasteiger partial charge in [0.2, 0.25) is 0 Å². The van der Waals surface area contributed by atoms with Crippen LogP contribution in [0.4, 0.5) is 13.2 Å². The molecule has 0 aliphatic heterocycles. The Bertz CT molecular complexity index is 258. The molecule has 3 unspecified atom stereocenters. The second kappa shape index (κ2) is 5.81. The zero-order valence-electron chi connectivity index (χ0n) is 10.9. The van der Waals surface area contributed by atoms with Gasteiger partial charge in [-0.25, -0.2) is 0 Å². The zero-order valence-corrected chi connectivity index (χ0v) is 10.9. The number of rotatable bonds is 2. The molecule has 2 fully saturated rings. The maximum Gasteiger partial charge on any atom is 0.392 e. The van der Waals surface area contributed by atoms with Crippen molar-refractivity contribution in [2.45, 2.75) is 70.0 Å². The van der Waals surface area contributed by atoms with Crippen molar-refractivity contribution in [3.8, 4) is 0 Å². The summed E-state index contributed by atoms with van der Waals surface area (Å²) in [4.78, 5) is 0. The Morgan fingerprint density at radius 1 is 0.833 bits per heavy atom. The van der Waals surface area contributed by atoms with Crippen molar-refractivity contribution < 1.29 is 13.2 Å². The lowest BCUT2D eigenvalue weighted by atomic mass is 9.69. The van der Waals surface area contributed by atoms with Crippen LogP contribution in [0.1, 0.15) is 57.8 Å². The van der Waals surface area contributed by atoms with E-state index in [1.54, 1.807) is 0 Å². The summed E-state index contributed by atoms with van der Waals surface area (Å²) in [6.45, 7) is 0. The van der Waals surface area contributed by atoms with E-state index in [-0.39, 0.29) is 18.4 Å². The molecule has 106 valence electrons. The summed E-state index contributed by atoms with van der Waals surface area (Å²) in [5.41, 5.74) is 6.21. The monoisotopic (exact) mass is 263 g/mol. The van der Waals surface area contributed by atoms with Gasteiger partial charge in [0.25, 0.3) is 0 Å². The van der Waals surface area contributed by atoms with Crippen molar-refractivity contribution in [1.82, 2.24) is 0 Å². The van der Waals surface area contributed by atoms with Gasteiger partial charge in [-0.15, -0.1) is 0 Å². The first-order chi connectivity index (χ1) is 8.50. The first-order valence-electron chi connectivity index (χ1n) is 7.32. The van der Waals surface area contributed by atoms with E-state index in [0.717, 1.165) is 32.1 Å². The molecule has 2 rings (SSSR count). The first-order valence-corrected chi connectivity index (χ1v) is 7.32. The minimum Gasteiger partial charge on any atom is -0.327 e. The fourth-order valence-electron chi connectivity index (χ4n) is 3.90. The maximum atomic E-state index is 13.1. The maximum absolute atomic E-state index is 13.1. The summed E-state index contributed by atoms with van der Waals surface area (Å²) in [5, 5.41) is 0. The molecule has 4 heteroatoms. The molecule has 0 aromatic carbocycles. The van der Waals surface area contributed by atoms with Crippen molar-refractivity contribution in [3.63, 3.8) is 0 Å². The largest absolute Gasteiger partial charge is 0.392 e. The van der Waals surface area contributed by atoms with E-state index in [2.05, 4.69) is 0 Å². The molecule has 0 spiro atoms. The highest BCUT2D eigenvalue weighted by atomic mass is 19.4. The molecule has 0 bridgehead atoms. The molecule has 0 aromatic heterocycles. The lowest BCUT2D eigenvalue weighted by molar-refractivity contribution is -0.200. The van der Waals surface area contributed by atoms with E-state index in [1.165, 1.54) is 6.42 Å². The number of alkyl halides is 3. The van der Waals surface area contributed by atoms with E-state index in [0.29, 0.717) is 18.8 Å². The second-order valence-electron chi connectivity index (χ2n) is 6.07.